The Hall–Kier alpha value is -2.29. The van der Waals surface area contributed by atoms with Gasteiger partial charge in [-0.25, -0.2) is 14.2 Å². The van der Waals surface area contributed by atoms with E-state index in [1.807, 2.05) is 23.1 Å². The first kappa shape index (κ1) is 19.5. The predicted molar refractivity (Wildman–Crippen MR) is 107 cm³/mol. The summed E-state index contributed by atoms with van der Waals surface area (Å²) in [6.45, 7) is 2.16. The summed E-state index contributed by atoms with van der Waals surface area (Å²) in [5.74, 6) is -0.906. The molecule has 1 saturated heterocycles. The van der Waals surface area contributed by atoms with Crippen LogP contribution in [-0.2, 0) is 13.1 Å². The maximum absolute atomic E-state index is 14.5. The van der Waals surface area contributed by atoms with Crippen LogP contribution in [-0.4, -0.2) is 24.2 Å². The Kier molecular flexibility index (Phi) is 6.54. The van der Waals surface area contributed by atoms with Gasteiger partial charge in [-0.15, -0.1) is 0 Å². The van der Waals surface area contributed by atoms with E-state index in [1.165, 1.54) is 17.7 Å². The van der Waals surface area contributed by atoms with Crippen LogP contribution < -0.4 is 26.8 Å². The van der Waals surface area contributed by atoms with Gasteiger partial charge in [-0.2, -0.15) is 0 Å². The van der Waals surface area contributed by atoms with Crippen molar-refractivity contribution < 1.29 is 8.78 Å². The lowest BCUT2D eigenvalue weighted by atomic mass is 10.1. The van der Waals surface area contributed by atoms with Crippen molar-refractivity contribution in [3.8, 4) is 0 Å². The van der Waals surface area contributed by atoms with Crippen molar-refractivity contribution in [1.29, 1.82) is 0 Å². The van der Waals surface area contributed by atoms with E-state index in [9.17, 15) is 8.78 Å². The Morgan fingerprint density at radius 2 is 1.93 bits per heavy atom. The average Bonchev–Trinajstić information content (AvgIpc) is 3.12. The summed E-state index contributed by atoms with van der Waals surface area (Å²) in [5, 5.41) is 3.52. The monoisotopic (exact) mass is 391 g/mol. The van der Waals surface area contributed by atoms with Crippen LogP contribution in [0.5, 0.6) is 0 Å². The number of benzene rings is 2. The SMILES string of the molecule is NC(=S)NNCc1cc(F)c(N2CC[C@@H](NCc3ccccc3)C2)cc1F. The number of hydrogen-bond donors (Lipinski definition) is 4. The van der Waals surface area contributed by atoms with Gasteiger partial charge >= 0.3 is 0 Å². The largest absolute Gasteiger partial charge is 0.375 e. The van der Waals surface area contributed by atoms with Gasteiger partial charge in [0.25, 0.3) is 0 Å². The van der Waals surface area contributed by atoms with Crippen LogP contribution in [0.4, 0.5) is 14.5 Å². The van der Waals surface area contributed by atoms with Crippen molar-refractivity contribution in [3.63, 3.8) is 0 Å². The summed E-state index contributed by atoms with van der Waals surface area (Å²) in [5.41, 5.74) is 12.1. The molecular weight excluding hydrogens is 368 g/mol. The van der Waals surface area contributed by atoms with Gasteiger partial charge in [0.05, 0.1) is 5.69 Å². The summed E-state index contributed by atoms with van der Waals surface area (Å²) >= 11 is 4.65. The molecule has 0 amide bonds. The average molecular weight is 391 g/mol. The molecule has 1 heterocycles. The lowest BCUT2D eigenvalue weighted by Gasteiger charge is -2.21. The lowest BCUT2D eigenvalue weighted by Crippen LogP contribution is -2.40. The molecule has 0 aromatic heterocycles. The molecule has 0 unspecified atom stereocenters. The van der Waals surface area contributed by atoms with Crippen molar-refractivity contribution in [3.05, 3.63) is 65.2 Å². The molecule has 0 radical (unpaired) electrons. The van der Waals surface area contributed by atoms with Gasteiger partial charge in [0, 0.05) is 43.9 Å². The molecule has 0 spiro atoms. The molecule has 2 aromatic rings. The standard InChI is InChI=1S/C19H23F2N5S/c20-16-9-18(17(21)8-14(16)11-24-25-19(22)27)26-7-6-15(12-26)23-10-13-4-2-1-3-5-13/h1-5,8-9,15,23-24H,6-7,10-12H2,(H3,22,25,27)/t15-/m1/s1. The number of nitrogens with zero attached hydrogens (tertiary/aromatic N) is 1. The molecule has 1 fully saturated rings. The topological polar surface area (TPSA) is 65.3 Å². The molecule has 0 saturated carbocycles. The van der Waals surface area contributed by atoms with E-state index in [0.29, 0.717) is 18.8 Å². The summed E-state index contributed by atoms with van der Waals surface area (Å²) in [6.07, 6.45) is 0.884. The molecule has 3 rings (SSSR count). The first-order chi connectivity index (χ1) is 13.0. The fourth-order valence-electron chi connectivity index (χ4n) is 3.19. The van der Waals surface area contributed by atoms with Gasteiger partial charge in [0.15, 0.2) is 5.11 Å². The molecule has 5 N–H and O–H groups in total. The number of hydrazine groups is 1. The molecule has 1 aliphatic heterocycles. The minimum atomic E-state index is -0.468. The van der Waals surface area contributed by atoms with Gasteiger partial charge in [-0.3, -0.25) is 5.43 Å². The zero-order chi connectivity index (χ0) is 19.2. The van der Waals surface area contributed by atoms with E-state index in [-0.39, 0.29) is 23.3 Å². The van der Waals surface area contributed by atoms with Gasteiger partial charge in [-0.05, 0) is 30.3 Å². The normalized spacial score (nSPS) is 16.5. The van der Waals surface area contributed by atoms with Gasteiger partial charge in [0.2, 0.25) is 0 Å². The Balaban J connectivity index is 1.58. The third-order valence-electron chi connectivity index (χ3n) is 4.57. The summed E-state index contributed by atoms with van der Waals surface area (Å²) in [7, 11) is 0. The van der Waals surface area contributed by atoms with E-state index in [0.717, 1.165) is 13.0 Å². The third-order valence-corrected chi connectivity index (χ3v) is 4.67. The Labute approximate surface area is 162 Å². The van der Waals surface area contributed by atoms with E-state index in [4.69, 9.17) is 5.73 Å². The second-order valence-electron chi connectivity index (χ2n) is 6.54. The second kappa shape index (κ2) is 9.07. The third kappa shape index (κ3) is 5.35. The highest BCUT2D eigenvalue weighted by Gasteiger charge is 2.25. The molecule has 144 valence electrons. The molecule has 0 bridgehead atoms. The van der Waals surface area contributed by atoms with Crippen molar-refractivity contribution >= 4 is 23.0 Å². The van der Waals surface area contributed by atoms with Gasteiger partial charge in [0.1, 0.15) is 11.6 Å². The Bertz CT molecular complexity index is 787. The number of thiocarbonyl (C=S) groups is 1. The number of hydrogen-bond acceptors (Lipinski definition) is 4. The highest BCUT2D eigenvalue weighted by molar-refractivity contribution is 7.80. The minimum Gasteiger partial charge on any atom is -0.375 e. The first-order valence-corrected chi connectivity index (χ1v) is 9.22. The molecule has 2 aromatic carbocycles. The van der Waals surface area contributed by atoms with Crippen molar-refractivity contribution in [1.82, 2.24) is 16.2 Å². The van der Waals surface area contributed by atoms with Gasteiger partial charge < -0.3 is 16.0 Å². The summed E-state index contributed by atoms with van der Waals surface area (Å²) in [6, 6.07) is 12.8. The van der Waals surface area contributed by atoms with Crippen LogP contribution in [0.25, 0.3) is 0 Å². The van der Waals surface area contributed by atoms with Crippen LogP contribution in [0, 0.1) is 11.6 Å². The molecule has 8 heteroatoms. The number of rotatable bonds is 7. The number of anilines is 1. The number of halogens is 2. The van der Waals surface area contributed by atoms with E-state index in [2.05, 4.69) is 40.5 Å². The first-order valence-electron chi connectivity index (χ1n) is 8.81. The highest BCUT2D eigenvalue weighted by atomic mass is 32.1. The highest BCUT2D eigenvalue weighted by Crippen LogP contribution is 2.26. The maximum atomic E-state index is 14.5. The van der Waals surface area contributed by atoms with E-state index in [1.54, 1.807) is 0 Å². The minimum absolute atomic E-state index is 0.0404. The molecule has 5 nitrogen and oxygen atoms in total. The molecule has 1 aliphatic rings. The van der Waals surface area contributed by atoms with Gasteiger partial charge in [-0.1, -0.05) is 30.3 Å². The predicted octanol–water partition coefficient (Wildman–Crippen LogP) is 2.17. The Morgan fingerprint density at radius 3 is 2.67 bits per heavy atom. The van der Waals surface area contributed by atoms with Crippen LogP contribution in [0.15, 0.2) is 42.5 Å². The maximum Gasteiger partial charge on any atom is 0.178 e. The fraction of sp³-hybridized carbons (Fsp3) is 0.316. The van der Waals surface area contributed by atoms with E-state index < -0.39 is 11.6 Å². The molecular formula is C19H23F2N5S. The van der Waals surface area contributed by atoms with Crippen LogP contribution in [0.2, 0.25) is 0 Å². The quantitative estimate of drug-likeness (QED) is 0.429. The zero-order valence-electron chi connectivity index (χ0n) is 14.8. The summed E-state index contributed by atoms with van der Waals surface area (Å²) < 4.78 is 28.9. The van der Waals surface area contributed by atoms with Crippen LogP contribution in [0.3, 0.4) is 0 Å². The van der Waals surface area contributed by atoms with Crippen molar-refractivity contribution in [2.45, 2.75) is 25.6 Å². The van der Waals surface area contributed by atoms with Crippen molar-refractivity contribution in [2.75, 3.05) is 18.0 Å². The number of nitrogens with one attached hydrogen (secondary N) is 3. The fourth-order valence-corrected chi connectivity index (χ4v) is 3.26. The lowest BCUT2D eigenvalue weighted by molar-refractivity contribution is 0.547. The van der Waals surface area contributed by atoms with Crippen LogP contribution in [0.1, 0.15) is 17.5 Å². The summed E-state index contributed by atoms with van der Waals surface area (Å²) in [4.78, 5) is 1.88. The second-order valence-corrected chi connectivity index (χ2v) is 6.98. The molecule has 0 aliphatic carbocycles. The van der Waals surface area contributed by atoms with E-state index >= 15 is 0 Å². The molecule has 27 heavy (non-hydrogen) atoms. The number of nitrogens with two attached hydrogens (primary N) is 1. The zero-order valence-corrected chi connectivity index (χ0v) is 15.7. The smallest absolute Gasteiger partial charge is 0.178 e. The molecule has 1 atom stereocenters. The van der Waals surface area contributed by atoms with Crippen molar-refractivity contribution in [2.24, 2.45) is 5.73 Å². The van der Waals surface area contributed by atoms with Crippen LogP contribution >= 0.6 is 12.2 Å². The Morgan fingerprint density at radius 1 is 1.15 bits per heavy atom.